The van der Waals surface area contributed by atoms with Gasteiger partial charge in [-0.15, -0.1) is 0 Å². The first-order chi connectivity index (χ1) is 9.23. The van der Waals surface area contributed by atoms with Crippen LogP contribution in [0.4, 0.5) is 4.79 Å². The van der Waals surface area contributed by atoms with E-state index < -0.39 is 5.60 Å². The lowest BCUT2D eigenvalue weighted by Gasteiger charge is -2.36. The van der Waals surface area contributed by atoms with E-state index in [0.717, 1.165) is 0 Å². The summed E-state index contributed by atoms with van der Waals surface area (Å²) in [7, 11) is 1.70. The van der Waals surface area contributed by atoms with Crippen LogP contribution in [0.1, 0.15) is 20.8 Å². The van der Waals surface area contributed by atoms with E-state index in [2.05, 4.69) is 11.8 Å². The fourth-order valence-electron chi connectivity index (χ4n) is 1.81. The topological polar surface area (TPSA) is 65.5 Å². The van der Waals surface area contributed by atoms with Crippen molar-refractivity contribution in [2.24, 2.45) is 5.10 Å². The first-order valence-electron chi connectivity index (χ1n) is 6.66. The smallest absolute Gasteiger partial charge is 0.410 e. The van der Waals surface area contributed by atoms with Crippen LogP contribution >= 0.6 is 0 Å². The summed E-state index contributed by atoms with van der Waals surface area (Å²) in [5.41, 5.74) is -0.498. The largest absolute Gasteiger partial charge is 0.444 e. The highest BCUT2D eigenvalue weighted by Crippen LogP contribution is 2.12. The van der Waals surface area contributed by atoms with Gasteiger partial charge in [-0.2, -0.15) is 5.10 Å². The number of hydrogen-bond donors (Lipinski definition) is 0. The van der Waals surface area contributed by atoms with Crippen molar-refractivity contribution in [1.82, 2.24) is 14.8 Å². The number of hydrogen-bond acceptors (Lipinski definition) is 5. The van der Waals surface area contributed by atoms with Crippen LogP contribution in [0.2, 0.25) is 0 Å². The minimum Gasteiger partial charge on any atom is -0.444 e. The van der Waals surface area contributed by atoms with E-state index in [-0.39, 0.29) is 18.5 Å². The van der Waals surface area contributed by atoms with Crippen molar-refractivity contribution >= 4 is 18.7 Å². The summed E-state index contributed by atoms with van der Waals surface area (Å²) in [6.45, 7) is 11.1. The van der Waals surface area contributed by atoms with Crippen molar-refractivity contribution in [2.75, 3.05) is 39.8 Å². The molecule has 7 nitrogen and oxygen atoms in total. The lowest BCUT2D eigenvalue weighted by atomic mass is 10.2. The standard InChI is InChI=1S/C13H24N4O3/c1-13(2,3)20-12(19)17-8-6-16(7-9-17)11(18)10-15(5)14-4/h4,6-10H2,1-3,5H3. The molecule has 0 spiro atoms. The molecule has 1 heterocycles. The number of ether oxygens (including phenoxy) is 1. The van der Waals surface area contributed by atoms with Gasteiger partial charge in [0.05, 0.1) is 0 Å². The maximum atomic E-state index is 11.9. The van der Waals surface area contributed by atoms with E-state index in [1.165, 1.54) is 5.01 Å². The number of piperazine rings is 1. The zero-order valence-corrected chi connectivity index (χ0v) is 12.8. The summed E-state index contributed by atoms with van der Waals surface area (Å²) in [5.74, 6) is -0.0104. The first-order valence-corrected chi connectivity index (χ1v) is 6.66. The molecule has 1 fully saturated rings. The second-order valence-corrected chi connectivity index (χ2v) is 5.81. The van der Waals surface area contributed by atoms with Crippen molar-refractivity contribution in [3.05, 3.63) is 0 Å². The average Bonchev–Trinajstić information content (AvgIpc) is 2.36. The minimum atomic E-state index is -0.498. The Kier molecular flexibility index (Phi) is 5.35. The van der Waals surface area contributed by atoms with Gasteiger partial charge in [-0.05, 0) is 20.8 Å². The molecule has 20 heavy (non-hydrogen) atoms. The SMILES string of the molecule is C=NN(C)CC(=O)N1CCN(C(=O)OC(C)(C)C)CC1. The number of rotatable bonds is 3. The molecule has 0 aromatic carbocycles. The highest BCUT2D eigenvalue weighted by Gasteiger charge is 2.27. The zero-order valence-electron chi connectivity index (χ0n) is 12.8. The highest BCUT2D eigenvalue weighted by atomic mass is 16.6. The number of hydrazone groups is 1. The Labute approximate surface area is 120 Å². The van der Waals surface area contributed by atoms with Gasteiger partial charge < -0.3 is 14.5 Å². The molecule has 1 aliphatic heterocycles. The Morgan fingerprint density at radius 3 is 2.15 bits per heavy atom. The van der Waals surface area contributed by atoms with Gasteiger partial charge in [0.25, 0.3) is 0 Å². The molecule has 7 heteroatoms. The average molecular weight is 284 g/mol. The monoisotopic (exact) mass is 284 g/mol. The molecule has 0 radical (unpaired) electrons. The maximum absolute atomic E-state index is 11.9. The minimum absolute atomic E-state index is 0.0104. The van der Waals surface area contributed by atoms with Crippen molar-refractivity contribution < 1.29 is 14.3 Å². The number of carbonyl (C=O) groups is 2. The normalized spacial score (nSPS) is 15.8. The third-order valence-electron chi connectivity index (χ3n) is 2.89. The van der Waals surface area contributed by atoms with Crippen LogP contribution in [0.25, 0.3) is 0 Å². The van der Waals surface area contributed by atoms with Crippen molar-refractivity contribution in [3.63, 3.8) is 0 Å². The molecule has 0 bridgehead atoms. The molecule has 114 valence electrons. The van der Waals surface area contributed by atoms with Gasteiger partial charge in [0.15, 0.2) is 0 Å². The van der Waals surface area contributed by atoms with Crippen LogP contribution in [0.3, 0.4) is 0 Å². The lowest BCUT2D eigenvalue weighted by molar-refractivity contribution is -0.133. The summed E-state index contributed by atoms with van der Waals surface area (Å²) in [6.07, 6.45) is -0.325. The molecule has 0 aliphatic carbocycles. The Morgan fingerprint density at radius 1 is 1.20 bits per heavy atom. The van der Waals surface area contributed by atoms with Crippen LogP contribution in [0.5, 0.6) is 0 Å². The number of carbonyl (C=O) groups excluding carboxylic acids is 2. The van der Waals surface area contributed by atoms with Crippen LogP contribution in [-0.2, 0) is 9.53 Å². The van der Waals surface area contributed by atoms with E-state index in [1.807, 2.05) is 20.8 Å². The Balaban J connectivity index is 2.41. The van der Waals surface area contributed by atoms with E-state index >= 15 is 0 Å². The molecule has 0 aromatic rings. The zero-order chi connectivity index (χ0) is 15.3. The summed E-state index contributed by atoms with van der Waals surface area (Å²) in [6, 6.07) is 0. The van der Waals surface area contributed by atoms with Crippen molar-refractivity contribution in [2.45, 2.75) is 26.4 Å². The van der Waals surface area contributed by atoms with Gasteiger partial charge in [-0.25, -0.2) is 4.79 Å². The van der Waals surface area contributed by atoms with Gasteiger partial charge in [-0.1, -0.05) is 0 Å². The van der Waals surface area contributed by atoms with Crippen LogP contribution in [0, 0.1) is 0 Å². The van der Waals surface area contributed by atoms with Crippen molar-refractivity contribution in [1.29, 1.82) is 0 Å². The third kappa shape index (κ3) is 5.07. The first kappa shape index (κ1) is 16.3. The molecule has 0 N–H and O–H groups in total. The molecule has 1 rings (SSSR count). The second kappa shape index (κ2) is 6.58. The fourth-order valence-corrected chi connectivity index (χ4v) is 1.81. The fraction of sp³-hybridized carbons (Fsp3) is 0.769. The summed E-state index contributed by atoms with van der Waals surface area (Å²) >= 11 is 0. The van der Waals surface area contributed by atoms with E-state index in [1.54, 1.807) is 16.8 Å². The maximum Gasteiger partial charge on any atom is 0.410 e. The van der Waals surface area contributed by atoms with Gasteiger partial charge in [0, 0.05) is 39.9 Å². The Bertz CT molecular complexity index is 370. The summed E-state index contributed by atoms with van der Waals surface area (Å²) in [4.78, 5) is 27.2. The molecule has 0 aromatic heterocycles. The molecule has 0 saturated carbocycles. The second-order valence-electron chi connectivity index (χ2n) is 5.81. The van der Waals surface area contributed by atoms with Crippen LogP contribution < -0.4 is 0 Å². The molecule has 1 aliphatic rings. The van der Waals surface area contributed by atoms with Gasteiger partial charge >= 0.3 is 6.09 Å². The van der Waals surface area contributed by atoms with Gasteiger partial charge in [-0.3, -0.25) is 9.80 Å². The number of nitrogens with zero attached hydrogens (tertiary/aromatic N) is 4. The molecule has 0 unspecified atom stereocenters. The molecular weight excluding hydrogens is 260 g/mol. The van der Waals surface area contributed by atoms with Gasteiger partial charge in [0.1, 0.15) is 12.1 Å². The van der Waals surface area contributed by atoms with E-state index in [4.69, 9.17) is 4.74 Å². The number of amides is 2. The summed E-state index contributed by atoms with van der Waals surface area (Å²) < 4.78 is 5.31. The predicted molar refractivity (Wildman–Crippen MR) is 76.6 cm³/mol. The third-order valence-corrected chi connectivity index (χ3v) is 2.89. The molecule has 2 amide bonds. The molecule has 1 saturated heterocycles. The highest BCUT2D eigenvalue weighted by molar-refractivity contribution is 5.78. The predicted octanol–water partition coefficient (Wildman–Crippen LogP) is 0.613. The van der Waals surface area contributed by atoms with Crippen LogP contribution in [0.15, 0.2) is 5.10 Å². The Morgan fingerprint density at radius 2 is 1.70 bits per heavy atom. The lowest BCUT2D eigenvalue weighted by Crippen LogP contribution is -2.53. The van der Waals surface area contributed by atoms with Crippen LogP contribution in [-0.4, -0.2) is 78.9 Å². The van der Waals surface area contributed by atoms with E-state index in [9.17, 15) is 9.59 Å². The molecule has 0 atom stereocenters. The Hall–Kier alpha value is -1.79. The molecular formula is C13H24N4O3. The van der Waals surface area contributed by atoms with Gasteiger partial charge in [0.2, 0.25) is 5.91 Å². The van der Waals surface area contributed by atoms with E-state index in [0.29, 0.717) is 26.2 Å². The van der Waals surface area contributed by atoms with Crippen molar-refractivity contribution in [3.8, 4) is 0 Å². The summed E-state index contributed by atoms with van der Waals surface area (Å²) in [5, 5.41) is 5.15. The quantitative estimate of drug-likeness (QED) is 0.563. The number of likely N-dealkylation sites (N-methyl/N-ethyl adjacent to an activating group) is 1.